The fourth-order valence-electron chi connectivity index (χ4n) is 2.11. The summed E-state index contributed by atoms with van der Waals surface area (Å²) in [5.74, 6) is 0.318. The SMILES string of the molecule is COc1ccc(C)cc1NC(=O)CCN(CCN(C)C)S(C)(=O)=O. The van der Waals surface area contributed by atoms with Crippen LogP contribution < -0.4 is 10.1 Å². The molecule has 0 spiro atoms. The van der Waals surface area contributed by atoms with E-state index in [1.807, 2.05) is 38.1 Å². The van der Waals surface area contributed by atoms with Gasteiger partial charge in [-0.05, 0) is 38.7 Å². The molecule has 0 heterocycles. The van der Waals surface area contributed by atoms with E-state index in [4.69, 9.17) is 4.74 Å². The maximum absolute atomic E-state index is 12.2. The number of hydrogen-bond acceptors (Lipinski definition) is 5. The van der Waals surface area contributed by atoms with Gasteiger partial charge in [-0.25, -0.2) is 12.7 Å². The fourth-order valence-corrected chi connectivity index (χ4v) is 2.95. The second-order valence-electron chi connectivity index (χ2n) is 5.97. The van der Waals surface area contributed by atoms with E-state index in [0.29, 0.717) is 24.5 Å². The number of nitrogens with one attached hydrogen (secondary N) is 1. The predicted molar refractivity (Wildman–Crippen MR) is 95.9 cm³/mol. The van der Waals surface area contributed by atoms with Gasteiger partial charge in [0, 0.05) is 26.1 Å². The highest BCUT2D eigenvalue weighted by atomic mass is 32.2. The van der Waals surface area contributed by atoms with Crippen LogP contribution in [0.25, 0.3) is 0 Å². The van der Waals surface area contributed by atoms with Crippen molar-refractivity contribution in [2.24, 2.45) is 0 Å². The molecule has 1 rings (SSSR count). The number of methoxy groups -OCH3 is 1. The van der Waals surface area contributed by atoms with E-state index in [0.717, 1.165) is 11.8 Å². The molecule has 0 aliphatic heterocycles. The average Bonchev–Trinajstić information content (AvgIpc) is 2.45. The molecule has 1 aromatic carbocycles. The Morgan fingerprint density at radius 1 is 1.21 bits per heavy atom. The van der Waals surface area contributed by atoms with Crippen LogP contribution in [-0.4, -0.2) is 70.6 Å². The van der Waals surface area contributed by atoms with E-state index in [-0.39, 0.29) is 18.9 Å². The van der Waals surface area contributed by atoms with Crippen molar-refractivity contribution in [2.45, 2.75) is 13.3 Å². The Hall–Kier alpha value is -1.64. The summed E-state index contributed by atoms with van der Waals surface area (Å²) in [5.41, 5.74) is 1.58. The van der Waals surface area contributed by atoms with Crippen molar-refractivity contribution < 1.29 is 17.9 Å². The lowest BCUT2D eigenvalue weighted by molar-refractivity contribution is -0.116. The number of carbonyl (C=O) groups excluding carboxylic acids is 1. The zero-order chi connectivity index (χ0) is 18.3. The highest BCUT2D eigenvalue weighted by Gasteiger charge is 2.18. The van der Waals surface area contributed by atoms with Gasteiger partial charge < -0.3 is 15.0 Å². The smallest absolute Gasteiger partial charge is 0.225 e. The minimum absolute atomic E-state index is 0.0809. The third-order valence-electron chi connectivity index (χ3n) is 3.48. The van der Waals surface area contributed by atoms with Gasteiger partial charge in [0.25, 0.3) is 0 Å². The van der Waals surface area contributed by atoms with Crippen LogP contribution in [0.5, 0.6) is 5.75 Å². The number of sulfonamides is 1. The molecule has 0 aromatic heterocycles. The first-order valence-corrected chi connectivity index (χ1v) is 9.52. The molecule has 1 amide bonds. The molecule has 1 N–H and O–H groups in total. The Kier molecular flexibility index (Phi) is 7.65. The van der Waals surface area contributed by atoms with Gasteiger partial charge >= 0.3 is 0 Å². The van der Waals surface area contributed by atoms with Crippen molar-refractivity contribution in [3.63, 3.8) is 0 Å². The molecular weight excluding hydrogens is 330 g/mol. The molecule has 7 nitrogen and oxygen atoms in total. The first kappa shape index (κ1) is 20.4. The lowest BCUT2D eigenvalue weighted by Crippen LogP contribution is -2.37. The molecule has 0 radical (unpaired) electrons. The van der Waals surface area contributed by atoms with Crippen molar-refractivity contribution in [2.75, 3.05) is 52.4 Å². The first-order valence-electron chi connectivity index (χ1n) is 7.68. The quantitative estimate of drug-likeness (QED) is 0.717. The summed E-state index contributed by atoms with van der Waals surface area (Å²) in [6, 6.07) is 5.49. The van der Waals surface area contributed by atoms with Crippen LogP contribution in [0.15, 0.2) is 18.2 Å². The highest BCUT2D eigenvalue weighted by molar-refractivity contribution is 7.88. The van der Waals surface area contributed by atoms with E-state index in [2.05, 4.69) is 5.32 Å². The average molecular weight is 357 g/mol. The zero-order valence-corrected chi connectivity index (χ0v) is 15.8. The number of benzene rings is 1. The normalized spacial score (nSPS) is 11.8. The Labute approximate surface area is 144 Å². The topological polar surface area (TPSA) is 79.0 Å². The molecule has 1 aromatic rings. The number of aryl methyl sites for hydroxylation is 1. The summed E-state index contributed by atoms with van der Waals surface area (Å²) in [4.78, 5) is 14.1. The molecule has 0 unspecified atom stereocenters. The van der Waals surface area contributed by atoms with Crippen LogP contribution in [0.1, 0.15) is 12.0 Å². The predicted octanol–water partition coefficient (Wildman–Crippen LogP) is 1.16. The number of anilines is 1. The second-order valence-corrected chi connectivity index (χ2v) is 7.95. The third-order valence-corrected chi connectivity index (χ3v) is 4.79. The lowest BCUT2D eigenvalue weighted by atomic mass is 10.2. The molecule has 0 bridgehead atoms. The monoisotopic (exact) mass is 357 g/mol. The number of carbonyl (C=O) groups is 1. The molecule has 0 aliphatic carbocycles. The van der Waals surface area contributed by atoms with Crippen molar-refractivity contribution in [3.8, 4) is 5.75 Å². The number of amides is 1. The van der Waals surface area contributed by atoms with Crippen molar-refractivity contribution in [1.29, 1.82) is 0 Å². The van der Waals surface area contributed by atoms with Crippen LogP contribution in [-0.2, 0) is 14.8 Å². The first-order chi connectivity index (χ1) is 11.1. The molecule has 0 aliphatic rings. The van der Waals surface area contributed by atoms with Crippen LogP contribution in [0.3, 0.4) is 0 Å². The number of rotatable bonds is 9. The van der Waals surface area contributed by atoms with Crippen molar-refractivity contribution >= 4 is 21.6 Å². The van der Waals surface area contributed by atoms with Gasteiger partial charge in [0.05, 0.1) is 19.1 Å². The number of likely N-dealkylation sites (N-methyl/N-ethyl adjacent to an activating group) is 1. The van der Waals surface area contributed by atoms with Gasteiger partial charge in [-0.1, -0.05) is 6.07 Å². The zero-order valence-electron chi connectivity index (χ0n) is 15.0. The summed E-state index contributed by atoms with van der Waals surface area (Å²) in [7, 11) is 1.93. The van der Waals surface area contributed by atoms with E-state index < -0.39 is 10.0 Å². The molecule has 24 heavy (non-hydrogen) atoms. The summed E-state index contributed by atoms with van der Waals surface area (Å²) in [6.45, 7) is 3.02. The van der Waals surface area contributed by atoms with E-state index in [9.17, 15) is 13.2 Å². The molecule has 0 atom stereocenters. The molecule has 136 valence electrons. The summed E-state index contributed by atoms with van der Waals surface area (Å²) in [6.07, 6.45) is 1.24. The van der Waals surface area contributed by atoms with Crippen molar-refractivity contribution in [3.05, 3.63) is 23.8 Å². The van der Waals surface area contributed by atoms with Crippen LogP contribution in [0.2, 0.25) is 0 Å². The standard InChI is InChI=1S/C16H27N3O4S/c1-13-6-7-15(23-4)14(12-13)17-16(20)8-9-19(24(5,21)22)11-10-18(2)3/h6-7,12H,8-11H2,1-5H3,(H,17,20). The summed E-state index contributed by atoms with van der Waals surface area (Å²) < 4.78 is 30.2. The Balaban J connectivity index is 2.68. The molecule has 0 saturated heterocycles. The summed E-state index contributed by atoms with van der Waals surface area (Å²) in [5, 5.41) is 2.78. The van der Waals surface area contributed by atoms with Gasteiger partial charge in [-0.2, -0.15) is 0 Å². The van der Waals surface area contributed by atoms with Gasteiger partial charge in [-0.3, -0.25) is 4.79 Å². The molecule has 0 saturated carbocycles. The minimum Gasteiger partial charge on any atom is -0.495 e. The van der Waals surface area contributed by atoms with Crippen LogP contribution >= 0.6 is 0 Å². The van der Waals surface area contributed by atoms with Crippen LogP contribution in [0, 0.1) is 6.92 Å². The molecule has 8 heteroatoms. The van der Waals surface area contributed by atoms with E-state index in [1.54, 1.807) is 6.07 Å². The van der Waals surface area contributed by atoms with Crippen LogP contribution in [0.4, 0.5) is 5.69 Å². The Bertz CT molecular complexity index is 659. The largest absolute Gasteiger partial charge is 0.495 e. The third kappa shape index (κ3) is 6.86. The minimum atomic E-state index is -3.35. The van der Waals surface area contributed by atoms with Gasteiger partial charge in [-0.15, -0.1) is 0 Å². The molecular formula is C16H27N3O4S. The fraction of sp³-hybridized carbons (Fsp3) is 0.562. The van der Waals surface area contributed by atoms with Gasteiger partial charge in [0.1, 0.15) is 5.75 Å². The highest BCUT2D eigenvalue weighted by Crippen LogP contribution is 2.25. The summed E-state index contributed by atoms with van der Waals surface area (Å²) >= 11 is 0. The maximum atomic E-state index is 12.2. The van der Waals surface area contributed by atoms with Gasteiger partial charge in [0.15, 0.2) is 0 Å². The maximum Gasteiger partial charge on any atom is 0.225 e. The van der Waals surface area contributed by atoms with E-state index in [1.165, 1.54) is 11.4 Å². The number of nitrogens with zero attached hydrogens (tertiary/aromatic N) is 2. The second kappa shape index (κ2) is 9.00. The van der Waals surface area contributed by atoms with Crippen molar-refractivity contribution in [1.82, 2.24) is 9.21 Å². The molecule has 0 fully saturated rings. The number of hydrogen-bond donors (Lipinski definition) is 1. The number of ether oxygens (including phenoxy) is 1. The Morgan fingerprint density at radius 2 is 1.88 bits per heavy atom. The van der Waals surface area contributed by atoms with E-state index >= 15 is 0 Å². The Morgan fingerprint density at radius 3 is 2.42 bits per heavy atom. The van der Waals surface area contributed by atoms with Gasteiger partial charge in [0.2, 0.25) is 15.9 Å². The lowest BCUT2D eigenvalue weighted by Gasteiger charge is -2.21.